The van der Waals surface area contributed by atoms with Gasteiger partial charge < -0.3 is 11.1 Å². The molecule has 14 heavy (non-hydrogen) atoms. The second-order valence-corrected chi connectivity index (χ2v) is 3.31. The molecular weight excluding hydrogens is 174 g/mol. The summed E-state index contributed by atoms with van der Waals surface area (Å²) in [5.41, 5.74) is 9.89. The summed E-state index contributed by atoms with van der Waals surface area (Å²) in [4.78, 5) is 0. The van der Waals surface area contributed by atoms with Crippen molar-refractivity contribution in [3.8, 4) is 6.07 Å². The lowest BCUT2D eigenvalue weighted by molar-refractivity contribution is 1.07. The number of hydrogen-bond donors (Lipinski definition) is 2. The maximum absolute atomic E-state index is 8.42. The molecule has 0 saturated heterocycles. The number of nitrogen functional groups attached to an aromatic ring is 1. The van der Waals surface area contributed by atoms with Crippen LogP contribution in [0.1, 0.15) is 17.5 Å². The van der Waals surface area contributed by atoms with Gasteiger partial charge in [0.2, 0.25) is 0 Å². The zero-order valence-electron chi connectivity index (χ0n) is 8.59. The molecule has 0 heterocycles. The van der Waals surface area contributed by atoms with Crippen molar-refractivity contribution >= 4 is 11.4 Å². The van der Waals surface area contributed by atoms with Gasteiger partial charge in [0.1, 0.15) is 0 Å². The Bertz CT molecular complexity index is 364. The van der Waals surface area contributed by atoms with E-state index >= 15 is 0 Å². The Morgan fingerprint density at radius 2 is 2.14 bits per heavy atom. The zero-order valence-corrected chi connectivity index (χ0v) is 8.59. The SMILES string of the molecule is Cc1ccc(N)c(NCCC#N)c1C. The third kappa shape index (κ3) is 2.17. The quantitative estimate of drug-likeness (QED) is 0.566. The van der Waals surface area contributed by atoms with Crippen molar-refractivity contribution in [2.24, 2.45) is 0 Å². The number of nitriles is 1. The van der Waals surface area contributed by atoms with Gasteiger partial charge in [-0.3, -0.25) is 0 Å². The Kier molecular flexibility index (Phi) is 3.35. The molecule has 0 aliphatic carbocycles. The number of anilines is 2. The van der Waals surface area contributed by atoms with Crippen molar-refractivity contribution in [1.29, 1.82) is 5.26 Å². The highest BCUT2D eigenvalue weighted by Crippen LogP contribution is 2.25. The van der Waals surface area contributed by atoms with E-state index in [0.29, 0.717) is 13.0 Å². The highest BCUT2D eigenvalue weighted by atomic mass is 14.9. The van der Waals surface area contributed by atoms with E-state index < -0.39 is 0 Å². The fourth-order valence-electron chi connectivity index (χ4n) is 1.31. The molecule has 74 valence electrons. The van der Waals surface area contributed by atoms with E-state index in [1.54, 1.807) is 0 Å². The summed E-state index contributed by atoms with van der Waals surface area (Å²) < 4.78 is 0. The van der Waals surface area contributed by atoms with Crippen LogP contribution in [0.15, 0.2) is 12.1 Å². The van der Waals surface area contributed by atoms with Crippen LogP contribution in [0.3, 0.4) is 0 Å². The van der Waals surface area contributed by atoms with Gasteiger partial charge in [0.05, 0.1) is 23.9 Å². The Balaban J connectivity index is 2.85. The Morgan fingerprint density at radius 1 is 1.43 bits per heavy atom. The van der Waals surface area contributed by atoms with Gasteiger partial charge in [-0.25, -0.2) is 0 Å². The van der Waals surface area contributed by atoms with Crippen LogP contribution in [-0.2, 0) is 0 Å². The van der Waals surface area contributed by atoms with Crippen LogP contribution in [0.4, 0.5) is 11.4 Å². The first-order valence-electron chi connectivity index (χ1n) is 4.63. The third-order valence-electron chi connectivity index (χ3n) is 2.31. The lowest BCUT2D eigenvalue weighted by Gasteiger charge is -2.13. The van der Waals surface area contributed by atoms with E-state index in [4.69, 9.17) is 11.0 Å². The molecule has 0 unspecified atom stereocenters. The lowest BCUT2D eigenvalue weighted by Crippen LogP contribution is -2.06. The molecule has 1 aromatic carbocycles. The Hall–Kier alpha value is -1.69. The molecule has 0 aromatic heterocycles. The van der Waals surface area contributed by atoms with E-state index in [9.17, 15) is 0 Å². The minimum absolute atomic E-state index is 0.493. The molecule has 1 rings (SSSR count). The molecule has 3 N–H and O–H groups in total. The van der Waals surface area contributed by atoms with E-state index in [1.165, 1.54) is 5.56 Å². The first kappa shape index (κ1) is 10.4. The number of rotatable bonds is 3. The molecule has 0 bridgehead atoms. The van der Waals surface area contributed by atoms with Gasteiger partial charge in [-0.1, -0.05) is 6.07 Å². The Morgan fingerprint density at radius 3 is 2.79 bits per heavy atom. The smallest absolute Gasteiger partial charge is 0.0640 e. The van der Waals surface area contributed by atoms with Gasteiger partial charge in [-0.05, 0) is 31.0 Å². The maximum Gasteiger partial charge on any atom is 0.0640 e. The second-order valence-electron chi connectivity index (χ2n) is 3.31. The second kappa shape index (κ2) is 4.52. The van der Waals surface area contributed by atoms with Gasteiger partial charge >= 0.3 is 0 Å². The summed E-state index contributed by atoms with van der Waals surface area (Å²) in [6, 6.07) is 5.97. The maximum atomic E-state index is 8.42. The molecule has 0 radical (unpaired) electrons. The Labute approximate surface area is 84.5 Å². The van der Waals surface area contributed by atoms with Crippen LogP contribution < -0.4 is 11.1 Å². The monoisotopic (exact) mass is 189 g/mol. The lowest BCUT2D eigenvalue weighted by atomic mass is 10.1. The molecule has 3 nitrogen and oxygen atoms in total. The summed E-state index contributed by atoms with van der Waals surface area (Å²) in [6.07, 6.45) is 0.493. The highest BCUT2D eigenvalue weighted by molar-refractivity contribution is 5.71. The summed E-state index contributed by atoms with van der Waals surface area (Å²) >= 11 is 0. The molecule has 0 saturated carbocycles. The minimum Gasteiger partial charge on any atom is -0.397 e. The van der Waals surface area contributed by atoms with E-state index in [2.05, 4.69) is 11.4 Å². The normalized spacial score (nSPS) is 9.50. The summed E-state index contributed by atoms with van der Waals surface area (Å²) in [7, 11) is 0. The van der Waals surface area contributed by atoms with E-state index in [-0.39, 0.29) is 0 Å². The van der Waals surface area contributed by atoms with E-state index in [1.807, 2.05) is 26.0 Å². The number of aryl methyl sites for hydroxylation is 1. The predicted molar refractivity (Wildman–Crippen MR) is 59.0 cm³/mol. The molecule has 0 atom stereocenters. The summed E-state index contributed by atoms with van der Waals surface area (Å²) in [5.74, 6) is 0. The molecule has 0 aliphatic heterocycles. The van der Waals surface area contributed by atoms with Crippen LogP contribution in [0, 0.1) is 25.2 Å². The van der Waals surface area contributed by atoms with Crippen LogP contribution in [0.25, 0.3) is 0 Å². The number of nitrogens with zero attached hydrogens (tertiary/aromatic N) is 1. The average molecular weight is 189 g/mol. The van der Waals surface area contributed by atoms with Crippen molar-refractivity contribution in [2.45, 2.75) is 20.3 Å². The number of benzene rings is 1. The van der Waals surface area contributed by atoms with Crippen molar-refractivity contribution < 1.29 is 0 Å². The van der Waals surface area contributed by atoms with Crippen LogP contribution >= 0.6 is 0 Å². The predicted octanol–water partition coefficient (Wildman–Crippen LogP) is 2.21. The standard InChI is InChI=1S/C11H15N3/c1-8-4-5-10(13)11(9(8)2)14-7-3-6-12/h4-5,14H,3,7,13H2,1-2H3. The van der Waals surface area contributed by atoms with Crippen molar-refractivity contribution in [3.63, 3.8) is 0 Å². The zero-order chi connectivity index (χ0) is 10.6. The highest BCUT2D eigenvalue weighted by Gasteiger charge is 2.04. The molecule has 0 fully saturated rings. The number of nitrogens with one attached hydrogen (secondary N) is 1. The molecule has 0 spiro atoms. The number of nitrogens with two attached hydrogens (primary N) is 1. The van der Waals surface area contributed by atoms with Crippen LogP contribution in [0.2, 0.25) is 0 Å². The van der Waals surface area contributed by atoms with E-state index in [0.717, 1.165) is 16.9 Å². The van der Waals surface area contributed by atoms with Crippen LogP contribution in [-0.4, -0.2) is 6.54 Å². The summed E-state index contributed by atoms with van der Waals surface area (Å²) in [6.45, 7) is 4.72. The number of hydrogen-bond acceptors (Lipinski definition) is 3. The third-order valence-corrected chi connectivity index (χ3v) is 2.31. The van der Waals surface area contributed by atoms with Gasteiger partial charge in [0.15, 0.2) is 0 Å². The van der Waals surface area contributed by atoms with Gasteiger partial charge in [-0.2, -0.15) is 5.26 Å². The fraction of sp³-hybridized carbons (Fsp3) is 0.364. The molecule has 1 aromatic rings. The largest absolute Gasteiger partial charge is 0.397 e. The average Bonchev–Trinajstić information content (AvgIpc) is 2.18. The molecular formula is C11H15N3. The van der Waals surface area contributed by atoms with Crippen molar-refractivity contribution in [3.05, 3.63) is 23.3 Å². The van der Waals surface area contributed by atoms with Crippen molar-refractivity contribution in [2.75, 3.05) is 17.6 Å². The van der Waals surface area contributed by atoms with Gasteiger partial charge in [0, 0.05) is 6.54 Å². The van der Waals surface area contributed by atoms with Crippen LogP contribution in [0.5, 0.6) is 0 Å². The molecule has 0 amide bonds. The van der Waals surface area contributed by atoms with Crippen molar-refractivity contribution in [1.82, 2.24) is 0 Å². The van der Waals surface area contributed by atoms with Gasteiger partial charge in [-0.15, -0.1) is 0 Å². The summed E-state index contributed by atoms with van der Waals surface area (Å²) in [5, 5.41) is 11.6. The topological polar surface area (TPSA) is 61.8 Å². The first-order chi connectivity index (χ1) is 6.66. The minimum atomic E-state index is 0.493. The molecule has 0 aliphatic rings. The molecule has 3 heteroatoms. The first-order valence-corrected chi connectivity index (χ1v) is 4.63. The van der Waals surface area contributed by atoms with Gasteiger partial charge in [0.25, 0.3) is 0 Å². The fourth-order valence-corrected chi connectivity index (χ4v) is 1.31.